The van der Waals surface area contributed by atoms with E-state index in [1.165, 1.54) is 27.7 Å². The first-order valence-corrected chi connectivity index (χ1v) is 13.6. The Hall–Kier alpha value is -3.15. The number of carbonyl (C=O) groups excluding carboxylic acids is 1. The van der Waals surface area contributed by atoms with E-state index in [1.54, 1.807) is 30.9 Å². The van der Waals surface area contributed by atoms with Gasteiger partial charge in [0.1, 0.15) is 16.2 Å². The van der Waals surface area contributed by atoms with Gasteiger partial charge in [0.25, 0.3) is 5.56 Å². The molecule has 0 spiro atoms. The van der Waals surface area contributed by atoms with Crippen molar-refractivity contribution in [3.8, 4) is 22.9 Å². The number of methoxy groups -OCH3 is 2. The van der Waals surface area contributed by atoms with Gasteiger partial charge in [0, 0.05) is 19.2 Å². The Bertz CT molecular complexity index is 1550. The average Bonchev–Trinajstić information content (AvgIpc) is 3.55. The van der Waals surface area contributed by atoms with Crippen LogP contribution in [0.15, 0.2) is 58.5 Å². The summed E-state index contributed by atoms with van der Waals surface area (Å²) in [5.74, 6) is 1.41. The van der Waals surface area contributed by atoms with Gasteiger partial charge in [0.2, 0.25) is 5.91 Å². The van der Waals surface area contributed by atoms with Crippen LogP contribution in [0.25, 0.3) is 21.7 Å². The molecule has 8 nitrogen and oxygen atoms in total. The molecule has 2 aromatic carbocycles. The predicted octanol–water partition coefficient (Wildman–Crippen LogP) is 4.70. The molecule has 5 rings (SSSR count). The quantitative estimate of drug-likeness (QED) is 0.191. The molecule has 2 aromatic heterocycles. The molecule has 0 saturated carbocycles. The minimum absolute atomic E-state index is 0.0355. The molecule has 186 valence electrons. The Morgan fingerprint density at radius 2 is 1.86 bits per heavy atom. The Morgan fingerprint density at radius 3 is 2.61 bits per heavy atom. The number of thiazole rings is 1. The Morgan fingerprint density at radius 1 is 1.08 bits per heavy atom. The van der Waals surface area contributed by atoms with Crippen molar-refractivity contribution in [1.29, 1.82) is 0 Å². The van der Waals surface area contributed by atoms with Crippen LogP contribution in [-0.2, 0) is 4.79 Å². The number of carbonyl (C=O) groups is 1. The molecule has 1 saturated heterocycles. The summed E-state index contributed by atoms with van der Waals surface area (Å²) in [6, 6.07) is 14.7. The van der Waals surface area contributed by atoms with Crippen LogP contribution >= 0.6 is 35.3 Å². The summed E-state index contributed by atoms with van der Waals surface area (Å²) in [4.78, 5) is 33.5. The van der Waals surface area contributed by atoms with E-state index in [-0.39, 0.29) is 17.2 Å². The maximum Gasteiger partial charge on any atom is 0.278 e. The van der Waals surface area contributed by atoms with E-state index in [0.717, 1.165) is 31.6 Å². The standard InChI is InChI=1S/C25H24N4O4S3/c1-32-17-9-7-8-16(14-17)28-22-21(36-25(28)34)23(31)29(18-10-3-4-11-19(18)33-2)24(26-22)35-15-20(30)27-12-5-6-13-27/h3-4,7-11,14H,5-6,12-13,15H2,1-2H3. The van der Waals surface area contributed by atoms with Gasteiger partial charge in [-0.2, -0.15) is 0 Å². The third-order valence-electron chi connectivity index (χ3n) is 6.00. The highest BCUT2D eigenvalue weighted by molar-refractivity contribution is 7.99. The smallest absolute Gasteiger partial charge is 0.278 e. The molecular weight excluding hydrogens is 517 g/mol. The van der Waals surface area contributed by atoms with Crippen LogP contribution < -0.4 is 15.0 Å². The minimum atomic E-state index is -0.265. The maximum absolute atomic E-state index is 13.9. The van der Waals surface area contributed by atoms with E-state index < -0.39 is 0 Å². The number of ether oxygens (including phenoxy) is 2. The van der Waals surface area contributed by atoms with Gasteiger partial charge in [0.05, 0.1) is 31.3 Å². The number of thioether (sulfide) groups is 1. The van der Waals surface area contributed by atoms with Crippen molar-refractivity contribution in [2.75, 3.05) is 33.1 Å². The first-order valence-electron chi connectivity index (χ1n) is 11.4. The number of aromatic nitrogens is 3. The number of nitrogens with zero attached hydrogens (tertiary/aromatic N) is 4. The van der Waals surface area contributed by atoms with Gasteiger partial charge in [0.15, 0.2) is 14.8 Å². The molecular formula is C25H24N4O4S3. The molecule has 11 heteroatoms. The van der Waals surface area contributed by atoms with Gasteiger partial charge in [-0.15, -0.1) is 0 Å². The van der Waals surface area contributed by atoms with Crippen molar-refractivity contribution in [1.82, 2.24) is 19.0 Å². The number of hydrogen-bond acceptors (Lipinski definition) is 8. The van der Waals surface area contributed by atoms with Crippen molar-refractivity contribution in [3.05, 3.63) is 62.8 Å². The molecule has 36 heavy (non-hydrogen) atoms. The number of fused-ring (bicyclic) bond motifs is 1. The van der Waals surface area contributed by atoms with E-state index in [4.69, 9.17) is 26.7 Å². The lowest BCUT2D eigenvalue weighted by atomic mass is 10.3. The summed E-state index contributed by atoms with van der Waals surface area (Å²) < 4.78 is 15.1. The third-order valence-corrected chi connectivity index (χ3v) is 8.27. The lowest BCUT2D eigenvalue weighted by Gasteiger charge is -2.17. The van der Waals surface area contributed by atoms with Gasteiger partial charge in [-0.25, -0.2) is 4.98 Å². The Balaban J connectivity index is 1.70. The second kappa shape index (κ2) is 10.5. The molecule has 0 N–H and O–H groups in total. The zero-order chi connectivity index (χ0) is 25.2. The summed E-state index contributed by atoms with van der Waals surface area (Å²) >= 11 is 8.11. The monoisotopic (exact) mass is 540 g/mol. The van der Waals surface area contributed by atoms with Crippen LogP contribution in [0.2, 0.25) is 0 Å². The summed E-state index contributed by atoms with van der Waals surface area (Å²) in [5, 5.41) is 0.397. The molecule has 0 aliphatic carbocycles. The molecule has 3 heterocycles. The van der Waals surface area contributed by atoms with E-state index in [0.29, 0.717) is 36.6 Å². The van der Waals surface area contributed by atoms with Gasteiger partial charge in [-0.3, -0.25) is 18.7 Å². The second-order valence-corrected chi connectivity index (χ2v) is 10.7. The van der Waals surface area contributed by atoms with E-state index >= 15 is 0 Å². The SMILES string of the molecule is COc1cccc(-n2c(=S)sc3c(=O)n(-c4ccccc4OC)c(SCC(=O)N4CCCC4)nc32)c1. The summed E-state index contributed by atoms with van der Waals surface area (Å²) in [6.45, 7) is 1.54. The molecule has 0 radical (unpaired) electrons. The highest BCUT2D eigenvalue weighted by Gasteiger charge is 2.23. The van der Waals surface area contributed by atoms with Crippen molar-refractivity contribution in [3.63, 3.8) is 0 Å². The number of amides is 1. The highest BCUT2D eigenvalue weighted by atomic mass is 32.2. The first kappa shape index (κ1) is 24.5. The zero-order valence-corrected chi connectivity index (χ0v) is 22.3. The fourth-order valence-electron chi connectivity index (χ4n) is 4.22. The normalized spacial score (nSPS) is 13.3. The zero-order valence-electron chi connectivity index (χ0n) is 19.8. The molecule has 0 atom stereocenters. The maximum atomic E-state index is 13.9. The summed E-state index contributed by atoms with van der Waals surface area (Å²) in [5.41, 5.74) is 1.49. The number of benzene rings is 2. The molecule has 1 fully saturated rings. The lowest BCUT2D eigenvalue weighted by molar-refractivity contribution is -0.127. The van der Waals surface area contributed by atoms with E-state index in [2.05, 4.69) is 0 Å². The van der Waals surface area contributed by atoms with Crippen LogP contribution in [0.5, 0.6) is 11.5 Å². The molecule has 4 aromatic rings. The topological polar surface area (TPSA) is 78.6 Å². The lowest BCUT2D eigenvalue weighted by Crippen LogP contribution is -2.29. The molecule has 1 aliphatic heterocycles. The molecule has 1 amide bonds. The molecule has 0 unspecified atom stereocenters. The van der Waals surface area contributed by atoms with Crippen molar-refractivity contribution < 1.29 is 14.3 Å². The van der Waals surface area contributed by atoms with Crippen molar-refractivity contribution in [2.45, 2.75) is 18.0 Å². The van der Waals surface area contributed by atoms with Gasteiger partial charge < -0.3 is 14.4 Å². The molecule has 0 bridgehead atoms. The van der Waals surface area contributed by atoms with Crippen molar-refractivity contribution >= 4 is 51.6 Å². The third kappa shape index (κ3) is 4.54. The first-order chi connectivity index (χ1) is 17.5. The van der Waals surface area contributed by atoms with Crippen LogP contribution in [0, 0.1) is 3.95 Å². The second-order valence-electron chi connectivity index (χ2n) is 8.14. The Labute approximate surface area is 221 Å². The summed E-state index contributed by atoms with van der Waals surface area (Å²) in [7, 11) is 3.16. The fourth-order valence-corrected chi connectivity index (χ4v) is 6.42. The fraction of sp³-hybridized carbons (Fsp3) is 0.280. The number of hydrogen-bond donors (Lipinski definition) is 0. The molecule has 1 aliphatic rings. The van der Waals surface area contributed by atoms with Crippen LogP contribution in [0.3, 0.4) is 0 Å². The van der Waals surface area contributed by atoms with Crippen LogP contribution in [0.1, 0.15) is 12.8 Å². The van der Waals surface area contributed by atoms with E-state index in [9.17, 15) is 9.59 Å². The number of likely N-dealkylation sites (tertiary alicyclic amines) is 1. The minimum Gasteiger partial charge on any atom is -0.497 e. The highest BCUT2D eigenvalue weighted by Crippen LogP contribution is 2.31. The van der Waals surface area contributed by atoms with Gasteiger partial charge >= 0.3 is 0 Å². The Kier molecular flexibility index (Phi) is 7.13. The van der Waals surface area contributed by atoms with Gasteiger partial charge in [-0.05, 0) is 49.3 Å². The summed E-state index contributed by atoms with van der Waals surface area (Å²) in [6.07, 6.45) is 2.03. The van der Waals surface area contributed by atoms with Gasteiger partial charge in [-0.1, -0.05) is 41.3 Å². The van der Waals surface area contributed by atoms with E-state index in [1.807, 2.05) is 41.3 Å². The van der Waals surface area contributed by atoms with Crippen LogP contribution in [-0.4, -0.2) is 58.0 Å². The largest absolute Gasteiger partial charge is 0.497 e. The number of para-hydroxylation sites is 2. The predicted molar refractivity (Wildman–Crippen MR) is 145 cm³/mol. The number of rotatable bonds is 7. The van der Waals surface area contributed by atoms with Crippen molar-refractivity contribution in [2.24, 2.45) is 0 Å². The average molecular weight is 541 g/mol. The van der Waals surface area contributed by atoms with Crippen LogP contribution in [0.4, 0.5) is 0 Å².